The fourth-order valence-corrected chi connectivity index (χ4v) is 6.11. The molecule has 218 valence electrons. The lowest BCUT2D eigenvalue weighted by atomic mass is 10.0. The number of likely N-dealkylation sites (N-methyl/N-ethyl adjacent to an activating group) is 1. The Balaban J connectivity index is 1.28. The summed E-state index contributed by atoms with van der Waals surface area (Å²) in [6, 6.07) is 8.32. The van der Waals surface area contributed by atoms with Crippen LogP contribution in [0.2, 0.25) is 0 Å². The number of H-pyrrole nitrogens is 1. The smallest absolute Gasteiger partial charge is 0.260 e. The lowest BCUT2D eigenvalue weighted by Gasteiger charge is -2.34. The summed E-state index contributed by atoms with van der Waals surface area (Å²) in [5, 5.41) is 2.92. The molecule has 1 aromatic heterocycles. The molecule has 2 N–H and O–H groups in total. The van der Waals surface area contributed by atoms with Gasteiger partial charge in [-0.05, 0) is 62.2 Å². The summed E-state index contributed by atoms with van der Waals surface area (Å²) in [4.78, 5) is 75.5. The van der Waals surface area contributed by atoms with Crippen molar-refractivity contribution in [3.8, 4) is 0 Å². The number of hydrogen-bond acceptors (Lipinski definition) is 7. The van der Waals surface area contributed by atoms with Crippen molar-refractivity contribution < 1.29 is 19.2 Å². The number of pyridine rings is 1. The predicted molar refractivity (Wildman–Crippen MR) is 154 cm³/mol. The van der Waals surface area contributed by atoms with Crippen molar-refractivity contribution in [2.75, 3.05) is 51.2 Å². The van der Waals surface area contributed by atoms with Crippen LogP contribution in [0.1, 0.15) is 47.4 Å². The van der Waals surface area contributed by atoms with Gasteiger partial charge in [0.25, 0.3) is 17.4 Å². The van der Waals surface area contributed by atoms with Gasteiger partial charge in [0.05, 0.1) is 12.6 Å². The first-order valence-electron chi connectivity index (χ1n) is 14.3. The molecular formula is C30H38N6O5. The number of anilines is 1. The number of rotatable bonds is 7. The topological polar surface area (TPSA) is 126 Å². The molecule has 3 fully saturated rings. The van der Waals surface area contributed by atoms with E-state index in [4.69, 9.17) is 0 Å². The second kappa shape index (κ2) is 11.9. The van der Waals surface area contributed by atoms with Crippen LogP contribution in [0.3, 0.4) is 0 Å². The largest absolute Gasteiger partial charge is 0.369 e. The zero-order chi connectivity index (χ0) is 29.3. The second-order valence-corrected chi connectivity index (χ2v) is 11.6. The molecule has 5 rings (SSSR count). The molecule has 2 aromatic rings. The Kier molecular flexibility index (Phi) is 8.25. The fraction of sp³-hybridized carbons (Fsp3) is 0.500. The predicted octanol–water partition coefficient (Wildman–Crippen LogP) is 0.966. The van der Waals surface area contributed by atoms with Crippen LogP contribution in [0.15, 0.2) is 47.4 Å². The summed E-state index contributed by atoms with van der Waals surface area (Å²) in [5.74, 6) is -1.31. The second-order valence-electron chi connectivity index (χ2n) is 11.6. The van der Waals surface area contributed by atoms with E-state index < -0.39 is 29.6 Å². The van der Waals surface area contributed by atoms with Crippen LogP contribution < -0.4 is 15.8 Å². The molecule has 3 aliphatic rings. The number of ketones is 1. The number of amides is 3. The molecule has 11 heteroatoms. The summed E-state index contributed by atoms with van der Waals surface area (Å²) in [6.07, 6.45) is 2.28. The highest BCUT2D eigenvalue weighted by Gasteiger charge is 2.52. The van der Waals surface area contributed by atoms with Gasteiger partial charge in [-0.25, -0.2) is 0 Å². The lowest BCUT2D eigenvalue weighted by Crippen LogP contribution is -2.53. The van der Waals surface area contributed by atoms with Gasteiger partial charge >= 0.3 is 0 Å². The van der Waals surface area contributed by atoms with E-state index in [9.17, 15) is 24.0 Å². The SMILES string of the molecule is CC(C)CC(NC(=O)c1ccc(N2CCN(C)CC2)cc1)C(=O)N1CCC2C1C(=O)CN2C(=O)c1ccc[nH]c1=O. The first-order chi connectivity index (χ1) is 19.6. The quantitative estimate of drug-likeness (QED) is 0.515. The van der Waals surface area contributed by atoms with Gasteiger partial charge in [-0.3, -0.25) is 24.0 Å². The number of aromatic amines is 1. The molecule has 0 aliphatic carbocycles. The molecule has 0 radical (unpaired) electrons. The van der Waals surface area contributed by atoms with Gasteiger partial charge in [-0.1, -0.05) is 13.8 Å². The monoisotopic (exact) mass is 562 g/mol. The van der Waals surface area contributed by atoms with Crippen molar-refractivity contribution in [1.29, 1.82) is 0 Å². The van der Waals surface area contributed by atoms with Crippen LogP contribution in [0.5, 0.6) is 0 Å². The maximum Gasteiger partial charge on any atom is 0.260 e. The molecule has 3 amide bonds. The third-order valence-corrected chi connectivity index (χ3v) is 8.32. The summed E-state index contributed by atoms with van der Waals surface area (Å²) in [7, 11) is 2.10. The Hall–Kier alpha value is -3.99. The van der Waals surface area contributed by atoms with Gasteiger partial charge < -0.3 is 29.9 Å². The number of carbonyl (C=O) groups excluding carboxylic acids is 4. The van der Waals surface area contributed by atoms with Crippen LogP contribution in [-0.2, 0) is 9.59 Å². The molecule has 0 saturated carbocycles. The molecule has 0 spiro atoms. The van der Waals surface area contributed by atoms with Crippen molar-refractivity contribution in [3.05, 3.63) is 64.1 Å². The highest BCUT2D eigenvalue weighted by Crippen LogP contribution is 2.31. The van der Waals surface area contributed by atoms with Crippen LogP contribution in [0, 0.1) is 5.92 Å². The van der Waals surface area contributed by atoms with Crippen molar-refractivity contribution in [2.45, 2.75) is 44.8 Å². The van der Waals surface area contributed by atoms with Crippen LogP contribution in [-0.4, -0.2) is 108 Å². The number of fused-ring (bicyclic) bond motifs is 1. The summed E-state index contributed by atoms with van der Waals surface area (Å²) in [5.41, 5.74) is 0.972. The highest BCUT2D eigenvalue weighted by atomic mass is 16.2. The Morgan fingerprint density at radius 1 is 0.976 bits per heavy atom. The number of benzene rings is 1. The van der Waals surface area contributed by atoms with Gasteiger partial charge in [0, 0.05) is 50.2 Å². The van der Waals surface area contributed by atoms with Crippen molar-refractivity contribution in [2.24, 2.45) is 5.92 Å². The van der Waals surface area contributed by atoms with Gasteiger partial charge in [0.2, 0.25) is 5.91 Å². The minimum atomic E-state index is -0.812. The zero-order valence-corrected chi connectivity index (χ0v) is 23.8. The summed E-state index contributed by atoms with van der Waals surface area (Å²) < 4.78 is 0. The molecule has 3 saturated heterocycles. The number of carbonyl (C=O) groups is 4. The molecule has 3 aliphatic heterocycles. The molecule has 11 nitrogen and oxygen atoms in total. The maximum absolute atomic E-state index is 13.8. The molecule has 0 bridgehead atoms. The van der Waals surface area contributed by atoms with Gasteiger partial charge in [-0.15, -0.1) is 0 Å². The Morgan fingerprint density at radius 3 is 2.34 bits per heavy atom. The van der Waals surface area contributed by atoms with Gasteiger partial charge in [0.1, 0.15) is 17.6 Å². The van der Waals surface area contributed by atoms with Crippen LogP contribution >= 0.6 is 0 Å². The third kappa shape index (κ3) is 5.90. The Bertz CT molecular complexity index is 1360. The van der Waals surface area contributed by atoms with E-state index in [2.05, 4.69) is 27.1 Å². The Labute approximate surface area is 239 Å². The number of piperazine rings is 1. The zero-order valence-electron chi connectivity index (χ0n) is 23.8. The minimum absolute atomic E-state index is 0.0330. The van der Waals surface area contributed by atoms with Crippen molar-refractivity contribution >= 4 is 29.2 Å². The van der Waals surface area contributed by atoms with Crippen molar-refractivity contribution in [3.63, 3.8) is 0 Å². The van der Waals surface area contributed by atoms with Crippen LogP contribution in [0.25, 0.3) is 0 Å². The Morgan fingerprint density at radius 2 is 1.68 bits per heavy atom. The highest BCUT2D eigenvalue weighted by molar-refractivity contribution is 6.03. The van der Waals surface area contributed by atoms with Gasteiger partial charge in [0.15, 0.2) is 5.78 Å². The average molecular weight is 563 g/mol. The van der Waals surface area contributed by atoms with E-state index >= 15 is 0 Å². The summed E-state index contributed by atoms with van der Waals surface area (Å²) >= 11 is 0. The number of aromatic nitrogens is 1. The van der Waals surface area contributed by atoms with E-state index in [0.29, 0.717) is 24.9 Å². The maximum atomic E-state index is 13.8. The van der Waals surface area contributed by atoms with E-state index in [0.717, 1.165) is 31.9 Å². The van der Waals surface area contributed by atoms with Gasteiger partial charge in [-0.2, -0.15) is 0 Å². The first kappa shape index (κ1) is 28.5. The third-order valence-electron chi connectivity index (χ3n) is 8.32. The van der Waals surface area contributed by atoms with E-state index in [1.54, 1.807) is 18.2 Å². The molecular weight excluding hydrogens is 524 g/mol. The normalized spacial score (nSPS) is 21.8. The number of Topliss-reactive ketones (excluding diaryl/α,β-unsaturated/α-hetero) is 1. The molecule has 41 heavy (non-hydrogen) atoms. The first-order valence-corrected chi connectivity index (χ1v) is 14.3. The minimum Gasteiger partial charge on any atom is -0.369 e. The molecule has 3 atom stereocenters. The van der Waals surface area contributed by atoms with Crippen molar-refractivity contribution in [1.82, 2.24) is 25.0 Å². The molecule has 3 unspecified atom stereocenters. The van der Waals surface area contributed by atoms with E-state index in [1.165, 1.54) is 22.1 Å². The fourth-order valence-electron chi connectivity index (χ4n) is 6.11. The summed E-state index contributed by atoms with van der Waals surface area (Å²) in [6.45, 7) is 7.90. The average Bonchev–Trinajstić information content (AvgIpc) is 3.53. The van der Waals surface area contributed by atoms with E-state index in [-0.39, 0.29) is 35.6 Å². The number of hydrogen-bond donors (Lipinski definition) is 2. The van der Waals surface area contributed by atoms with Crippen LogP contribution in [0.4, 0.5) is 5.69 Å². The van der Waals surface area contributed by atoms with E-state index in [1.807, 2.05) is 26.0 Å². The molecule has 1 aromatic carbocycles. The number of nitrogens with one attached hydrogen (secondary N) is 2. The number of likely N-dealkylation sites (tertiary alicyclic amines) is 2. The standard InChI is InChI=1S/C30H38N6O5/c1-19(2)17-23(32-27(38)20-6-8-21(9-7-20)34-15-13-33(3)14-16-34)30(41)35-12-10-24-26(35)25(37)18-36(24)29(40)22-5-4-11-31-28(22)39/h4-9,11,19,23-24,26H,10,12-18H2,1-3H3,(H,31,39)(H,32,38). The molecule has 4 heterocycles. The lowest BCUT2D eigenvalue weighted by molar-refractivity contribution is -0.138. The number of nitrogens with zero attached hydrogens (tertiary/aromatic N) is 4.